The van der Waals surface area contributed by atoms with Crippen molar-refractivity contribution in [1.29, 1.82) is 0 Å². The Hall–Kier alpha value is -3.00. The summed E-state index contributed by atoms with van der Waals surface area (Å²) in [6, 6.07) is 5.87. The number of imidazole rings is 1. The largest absolute Gasteiger partial charge is 0.478 e. The lowest BCUT2D eigenvalue weighted by Crippen LogP contribution is -2.18. The van der Waals surface area contributed by atoms with Crippen LogP contribution in [0, 0.1) is 0 Å². The maximum atomic E-state index is 12.1. The van der Waals surface area contributed by atoms with Gasteiger partial charge in [-0.15, -0.1) is 0 Å². The molecule has 1 aromatic carbocycles. The molecule has 0 aliphatic heterocycles. The molecule has 0 fully saturated rings. The zero-order valence-electron chi connectivity index (χ0n) is 11.6. The van der Waals surface area contributed by atoms with Gasteiger partial charge < -0.3 is 15.0 Å². The van der Waals surface area contributed by atoms with Crippen LogP contribution in [0.1, 0.15) is 10.4 Å². The number of carbonyl (C=O) groups is 2. The first-order valence-electron chi connectivity index (χ1n) is 6.49. The summed E-state index contributed by atoms with van der Waals surface area (Å²) in [6.45, 7) is -0.00940. The molecule has 0 saturated carbocycles. The molecule has 9 heteroatoms. The topological polar surface area (TPSA) is 110 Å². The van der Waals surface area contributed by atoms with Crippen LogP contribution in [0.4, 0.5) is 5.69 Å². The highest BCUT2D eigenvalue weighted by molar-refractivity contribution is 6.33. The first kappa shape index (κ1) is 14.9. The van der Waals surface area contributed by atoms with E-state index >= 15 is 0 Å². The Morgan fingerprint density at radius 1 is 1.17 bits per heavy atom. The van der Waals surface area contributed by atoms with Gasteiger partial charge in [0.25, 0.3) is 0 Å². The summed E-state index contributed by atoms with van der Waals surface area (Å²) in [5.41, 5.74) is 1.53. The summed E-state index contributed by atoms with van der Waals surface area (Å²) in [6.07, 6.45) is 2.75. The Morgan fingerprint density at radius 3 is 2.61 bits per heavy atom. The predicted octanol–water partition coefficient (Wildman–Crippen LogP) is 1.82. The Bertz CT molecular complexity index is 891. The summed E-state index contributed by atoms with van der Waals surface area (Å²) < 4.78 is 1.55. The van der Waals surface area contributed by atoms with Gasteiger partial charge >= 0.3 is 5.97 Å². The fourth-order valence-corrected chi connectivity index (χ4v) is 2.20. The number of carbonyl (C=O) groups excluding carboxylic acids is 1. The quantitative estimate of drug-likeness (QED) is 0.705. The summed E-state index contributed by atoms with van der Waals surface area (Å²) in [4.78, 5) is 34.8. The molecule has 8 nitrogen and oxygen atoms in total. The van der Waals surface area contributed by atoms with Crippen LogP contribution in [0.2, 0.25) is 5.15 Å². The molecule has 0 spiro atoms. The molecule has 3 rings (SSSR count). The molecule has 0 unspecified atom stereocenters. The zero-order chi connectivity index (χ0) is 16.4. The van der Waals surface area contributed by atoms with E-state index in [-0.39, 0.29) is 23.2 Å². The third-order valence-corrected chi connectivity index (χ3v) is 3.36. The number of carboxylic acid groups (broad SMARTS) is 1. The van der Waals surface area contributed by atoms with Gasteiger partial charge in [0, 0.05) is 5.69 Å². The van der Waals surface area contributed by atoms with Crippen molar-refractivity contribution in [3.8, 4) is 0 Å². The normalized spacial score (nSPS) is 10.7. The second-order valence-corrected chi connectivity index (χ2v) is 5.00. The van der Waals surface area contributed by atoms with Crippen LogP contribution >= 0.6 is 11.6 Å². The van der Waals surface area contributed by atoms with E-state index < -0.39 is 5.97 Å². The van der Waals surface area contributed by atoms with Crippen LogP contribution in [0.25, 0.3) is 11.2 Å². The predicted molar refractivity (Wildman–Crippen MR) is 82.4 cm³/mol. The Balaban J connectivity index is 1.73. The van der Waals surface area contributed by atoms with Crippen molar-refractivity contribution in [1.82, 2.24) is 19.5 Å². The van der Waals surface area contributed by atoms with Gasteiger partial charge in [0.2, 0.25) is 5.91 Å². The summed E-state index contributed by atoms with van der Waals surface area (Å²) >= 11 is 5.90. The smallest absolute Gasteiger partial charge is 0.335 e. The Labute approximate surface area is 134 Å². The van der Waals surface area contributed by atoms with Crippen molar-refractivity contribution in [3.05, 3.63) is 47.6 Å². The Kier molecular flexibility index (Phi) is 3.90. The van der Waals surface area contributed by atoms with Crippen molar-refractivity contribution in [2.75, 3.05) is 5.32 Å². The molecule has 0 bridgehead atoms. The highest BCUT2D eigenvalue weighted by Gasteiger charge is 2.11. The van der Waals surface area contributed by atoms with Gasteiger partial charge in [-0.2, -0.15) is 0 Å². The molecule has 0 aliphatic rings. The number of hydrogen-bond acceptors (Lipinski definition) is 5. The van der Waals surface area contributed by atoms with Crippen LogP contribution in [-0.4, -0.2) is 36.5 Å². The number of carboxylic acids is 1. The van der Waals surface area contributed by atoms with Gasteiger partial charge in [-0.1, -0.05) is 11.6 Å². The van der Waals surface area contributed by atoms with E-state index in [2.05, 4.69) is 20.3 Å². The molecule has 2 N–H and O–H groups in total. The van der Waals surface area contributed by atoms with E-state index in [0.29, 0.717) is 16.9 Å². The second-order valence-electron chi connectivity index (χ2n) is 4.64. The maximum Gasteiger partial charge on any atom is 0.335 e. The van der Waals surface area contributed by atoms with Gasteiger partial charge in [0.15, 0.2) is 10.8 Å². The van der Waals surface area contributed by atoms with Crippen LogP contribution in [-0.2, 0) is 11.3 Å². The molecular weight excluding hydrogens is 322 g/mol. The monoisotopic (exact) mass is 331 g/mol. The number of nitrogens with zero attached hydrogens (tertiary/aromatic N) is 4. The molecule has 2 heterocycles. The van der Waals surface area contributed by atoms with Crippen LogP contribution in [0.5, 0.6) is 0 Å². The van der Waals surface area contributed by atoms with Gasteiger partial charge in [-0.3, -0.25) is 4.79 Å². The van der Waals surface area contributed by atoms with Crippen molar-refractivity contribution < 1.29 is 14.7 Å². The van der Waals surface area contributed by atoms with Gasteiger partial charge in [0.05, 0.1) is 11.9 Å². The average Bonchev–Trinajstić information content (AvgIpc) is 2.92. The SMILES string of the molecule is O=C(Cn1cnc2c(Cl)ncnc21)Nc1ccc(C(=O)O)cc1. The van der Waals surface area contributed by atoms with Gasteiger partial charge in [0.1, 0.15) is 18.4 Å². The van der Waals surface area contributed by atoms with Crippen molar-refractivity contribution >= 4 is 40.3 Å². The number of anilines is 1. The maximum absolute atomic E-state index is 12.1. The van der Waals surface area contributed by atoms with E-state index in [1.54, 1.807) is 4.57 Å². The van der Waals surface area contributed by atoms with Gasteiger partial charge in [-0.05, 0) is 24.3 Å². The van der Waals surface area contributed by atoms with E-state index in [1.165, 1.54) is 36.9 Å². The van der Waals surface area contributed by atoms with Crippen molar-refractivity contribution in [3.63, 3.8) is 0 Å². The minimum absolute atomic E-state index is 0.00940. The fourth-order valence-electron chi connectivity index (χ4n) is 2.02. The lowest BCUT2D eigenvalue weighted by Gasteiger charge is -2.06. The molecule has 116 valence electrons. The van der Waals surface area contributed by atoms with Crippen LogP contribution in [0.15, 0.2) is 36.9 Å². The lowest BCUT2D eigenvalue weighted by molar-refractivity contribution is -0.116. The molecule has 1 amide bonds. The zero-order valence-corrected chi connectivity index (χ0v) is 12.4. The van der Waals surface area contributed by atoms with Crippen LogP contribution < -0.4 is 5.32 Å². The third kappa shape index (κ3) is 3.11. The van der Waals surface area contributed by atoms with E-state index in [4.69, 9.17) is 16.7 Å². The summed E-state index contributed by atoms with van der Waals surface area (Å²) in [5.74, 6) is -1.33. The molecule has 3 aromatic rings. The van der Waals surface area contributed by atoms with Gasteiger partial charge in [-0.25, -0.2) is 19.7 Å². The number of hydrogen-bond donors (Lipinski definition) is 2. The number of benzene rings is 1. The summed E-state index contributed by atoms with van der Waals surface area (Å²) in [7, 11) is 0. The first-order chi connectivity index (χ1) is 11.0. The number of amides is 1. The Morgan fingerprint density at radius 2 is 1.91 bits per heavy atom. The number of nitrogens with one attached hydrogen (secondary N) is 1. The minimum Gasteiger partial charge on any atom is -0.478 e. The molecule has 0 saturated heterocycles. The highest BCUT2D eigenvalue weighted by Crippen LogP contribution is 2.17. The summed E-state index contributed by atoms with van der Waals surface area (Å²) in [5, 5.41) is 11.7. The number of aromatic carboxylic acids is 1. The number of aromatic nitrogens is 4. The first-order valence-corrected chi connectivity index (χ1v) is 6.87. The average molecular weight is 332 g/mol. The standard InChI is InChI=1S/C14H10ClN5O3/c15-12-11-13(17-6-16-12)20(7-18-11)5-10(21)19-9-3-1-8(2-4-9)14(22)23/h1-4,6-7H,5H2,(H,19,21)(H,22,23). The lowest BCUT2D eigenvalue weighted by atomic mass is 10.2. The fraction of sp³-hybridized carbons (Fsp3) is 0.0714. The molecule has 23 heavy (non-hydrogen) atoms. The molecule has 0 aliphatic carbocycles. The number of halogens is 1. The highest BCUT2D eigenvalue weighted by atomic mass is 35.5. The minimum atomic E-state index is -1.02. The van der Waals surface area contributed by atoms with E-state index in [0.717, 1.165) is 0 Å². The number of fused-ring (bicyclic) bond motifs is 1. The van der Waals surface area contributed by atoms with Crippen molar-refractivity contribution in [2.24, 2.45) is 0 Å². The van der Waals surface area contributed by atoms with E-state index in [1.807, 2.05) is 0 Å². The number of rotatable bonds is 4. The molecule has 0 radical (unpaired) electrons. The third-order valence-electron chi connectivity index (χ3n) is 3.09. The second kappa shape index (κ2) is 6.01. The molecular formula is C14H10ClN5O3. The molecule has 0 atom stereocenters. The van der Waals surface area contributed by atoms with Crippen LogP contribution in [0.3, 0.4) is 0 Å². The van der Waals surface area contributed by atoms with E-state index in [9.17, 15) is 9.59 Å². The molecule has 2 aromatic heterocycles. The van der Waals surface area contributed by atoms with Crippen molar-refractivity contribution in [2.45, 2.75) is 6.54 Å².